The number of morpholine rings is 1. The maximum atomic E-state index is 14.3. The number of pyridine rings is 1. The number of aromatic nitrogens is 3. The van der Waals surface area contributed by atoms with E-state index in [1.807, 2.05) is 39.0 Å². The summed E-state index contributed by atoms with van der Waals surface area (Å²) in [5, 5.41) is 16.5. The molecule has 3 heterocycles. The topological polar surface area (TPSA) is 144 Å². The Morgan fingerprint density at radius 1 is 1.08 bits per heavy atom. The molecule has 5 rings (SSSR count). The molecule has 0 bridgehead atoms. The quantitative estimate of drug-likeness (QED) is 0.143. The number of fused-ring (bicyclic) bond motifs is 1. The van der Waals surface area contributed by atoms with Crippen molar-refractivity contribution in [3.63, 3.8) is 0 Å². The molecular formula is C37H42ClN7O5. The van der Waals surface area contributed by atoms with E-state index in [0.717, 1.165) is 38.4 Å². The Kier molecular flexibility index (Phi) is 11.7. The average molecular weight is 700 g/mol. The van der Waals surface area contributed by atoms with Crippen LogP contribution in [0.1, 0.15) is 26.3 Å². The average Bonchev–Trinajstić information content (AvgIpc) is 3.11. The fraction of sp³-hybridized carbons (Fsp3) is 0.378. The fourth-order valence-electron chi connectivity index (χ4n) is 5.61. The van der Waals surface area contributed by atoms with E-state index in [0.29, 0.717) is 64.8 Å². The SMILES string of the molecule is COc1cc(OC)c(Cl)c(-c2cc3cnc(NCCN4CCOCC4)nc3n(CCc3ccc(NC(=O)/C(C#N)=C/C(C)(C)C)cc3)c2=O)c1. The number of nitrogens with one attached hydrogen (secondary N) is 2. The minimum atomic E-state index is -0.466. The smallest absolute Gasteiger partial charge is 0.265 e. The van der Waals surface area contributed by atoms with Gasteiger partial charge in [0.1, 0.15) is 28.8 Å². The number of methoxy groups -OCH3 is 2. The number of carbonyl (C=O) groups excluding carboxylic acids is 1. The first-order valence-corrected chi connectivity index (χ1v) is 16.8. The minimum Gasteiger partial charge on any atom is -0.497 e. The van der Waals surface area contributed by atoms with Gasteiger partial charge in [-0.05, 0) is 41.7 Å². The van der Waals surface area contributed by atoms with Crippen LogP contribution in [0, 0.1) is 16.7 Å². The summed E-state index contributed by atoms with van der Waals surface area (Å²) in [6.45, 7) is 10.7. The van der Waals surface area contributed by atoms with Crippen LogP contribution in [0.15, 0.2) is 65.1 Å². The molecule has 1 aliphatic heterocycles. The molecule has 0 aliphatic carbocycles. The molecule has 1 fully saturated rings. The highest BCUT2D eigenvalue weighted by Gasteiger charge is 2.20. The second-order valence-corrected chi connectivity index (χ2v) is 13.4. The highest BCUT2D eigenvalue weighted by atomic mass is 35.5. The van der Waals surface area contributed by atoms with Gasteiger partial charge in [-0.25, -0.2) is 4.98 Å². The summed E-state index contributed by atoms with van der Waals surface area (Å²) in [7, 11) is 3.04. The summed E-state index contributed by atoms with van der Waals surface area (Å²) in [6, 6.07) is 14.4. The van der Waals surface area contributed by atoms with E-state index in [1.165, 1.54) is 14.2 Å². The van der Waals surface area contributed by atoms with Gasteiger partial charge in [-0.2, -0.15) is 10.2 Å². The molecule has 1 amide bonds. The number of benzene rings is 2. The number of amides is 1. The number of nitriles is 1. The van der Waals surface area contributed by atoms with Gasteiger partial charge in [0.05, 0.1) is 32.5 Å². The largest absolute Gasteiger partial charge is 0.497 e. The van der Waals surface area contributed by atoms with Gasteiger partial charge < -0.3 is 24.8 Å². The van der Waals surface area contributed by atoms with Crippen molar-refractivity contribution < 1.29 is 19.0 Å². The van der Waals surface area contributed by atoms with E-state index in [9.17, 15) is 14.9 Å². The zero-order valence-corrected chi connectivity index (χ0v) is 29.8. The van der Waals surface area contributed by atoms with Gasteiger partial charge in [0, 0.05) is 67.2 Å². The summed E-state index contributed by atoms with van der Waals surface area (Å²) in [4.78, 5) is 38.7. The van der Waals surface area contributed by atoms with E-state index >= 15 is 0 Å². The summed E-state index contributed by atoms with van der Waals surface area (Å²) in [6.07, 6.45) is 3.83. The minimum absolute atomic E-state index is 0.0541. The predicted octanol–water partition coefficient (Wildman–Crippen LogP) is 5.55. The number of nitrogens with zero attached hydrogens (tertiary/aromatic N) is 5. The summed E-state index contributed by atoms with van der Waals surface area (Å²) >= 11 is 6.75. The Labute approximate surface area is 296 Å². The Balaban J connectivity index is 1.44. The Morgan fingerprint density at radius 3 is 2.48 bits per heavy atom. The van der Waals surface area contributed by atoms with Crippen molar-refractivity contribution in [2.24, 2.45) is 5.41 Å². The van der Waals surface area contributed by atoms with Crippen molar-refractivity contribution >= 4 is 40.2 Å². The highest BCUT2D eigenvalue weighted by Crippen LogP contribution is 2.38. The molecule has 0 unspecified atom stereocenters. The molecule has 2 N–H and O–H groups in total. The van der Waals surface area contributed by atoms with Gasteiger partial charge in [0.15, 0.2) is 0 Å². The van der Waals surface area contributed by atoms with E-state index in [2.05, 4.69) is 20.5 Å². The molecule has 4 aromatic rings. The van der Waals surface area contributed by atoms with Crippen LogP contribution >= 0.6 is 11.6 Å². The van der Waals surface area contributed by atoms with E-state index in [-0.39, 0.29) is 21.6 Å². The zero-order valence-electron chi connectivity index (χ0n) is 29.0. The van der Waals surface area contributed by atoms with Gasteiger partial charge in [-0.1, -0.05) is 50.6 Å². The standard InChI is InChI=1S/C37H42ClN7O5/c1-37(2,3)21-26(22-39)34(46)42-27-8-6-24(7-9-27)10-12-45-33-25(23-41-36(43-33)40-11-13-44-14-16-50-17-15-44)18-30(35(45)47)29-19-28(48-4)20-31(49-5)32(29)38/h6-9,18-21,23H,10-17H2,1-5H3,(H,42,46)(H,40,41,43)/b26-21+. The maximum Gasteiger partial charge on any atom is 0.265 e. The molecular weight excluding hydrogens is 658 g/mol. The third kappa shape index (κ3) is 8.98. The van der Waals surface area contributed by atoms with Crippen LogP contribution in [0.2, 0.25) is 5.02 Å². The fourth-order valence-corrected chi connectivity index (χ4v) is 5.89. The predicted molar refractivity (Wildman–Crippen MR) is 195 cm³/mol. The molecule has 262 valence electrons. The second kappa shape index (κ2) is 16.2. The molecule has 0 saturated carbocycles. The number of aryl methyl sites for hydroxylation is 2. The van der Waals surface area contributed by atoms with Gasteiger partial charge in [-0.3, -0.25) is 19.1 Å². The molecule has 0 spiro atoms. The van der Waals surface area contributed by atoms with E-state index in [1.54, 1.807) is 47.2 Å². The molecule has 2 aromatic heterocycles. The number of ether oxygens (including phenoxy) is 3. The van der Waals surface area contributed by atoms with Gasteiger partial charge in [0.2, 0.25) is 5.95 Å². The lowest BCUT2D eigenvalue weighted by atomic mass is 9.93. The Bertz CT molecular complexity index is 1970. The molecule has 1 saturated heterocycles. The molecule has 12 nitrogen and oxygen atoms in total. The normalized spacial score (nSPS) is 13.9. The van der Waals surface area contributed by atoms with Crippen LogP contribution in [-0.2, 0) is 22.5 Å². The highest BCUT2D eigenvalue weighted by molar-refractivity contribution is 6.35. The van der Waals surface area contributed by atoms with Gasteiger partial charge >= 0.3 is 0 Å². The number of hydrogen-bond acceptors (Lipinski definition) is 10. The number of allylic oxidation sites excluding steroid dienone is 1. The van der Waals surface area contributed by atoms with Crippen LogP contribution in [0.5, 0.6) is 11.5 Å². The summed E-state index contributed by atoms with van der Waals surface area (Å²) < 4.78 is 18.0. The molecule has 50 heavy (non-hydrogen) atoms. The van der Waals surface area contributed by atoms with Crippen molar-refractivity contribution in [2.45, 2.75) is 33.7 Å². The number of hydrogen-bond donors (Lipinski definition) is 2. The van der Waals surface area contributed by atoms with E-state index < -0.39 is 5.91 Å². The summed E-state index contributed by atoms with van der Waals surface area (Å²) in [5.41, 5.74) is 2.23. The van der Waals surface area contributed by atoms with Crippen molar-refractivity contribution in [1.29, 1.82) is 5.26 Å². The molecule has 13 heteroatoms. The van der Waals surface area contributed by atoms with Crippen molar-refractivity contribution in [1.82, 2.24) is 19.4 Å². The zero-order chi connectivity index (χ0) is 35.8. The van der Waals surface area contributed by atoms with Gasteiger partial charge in [-0.15, -0.1) is 0 Å². The number of halogens is 1. The van der Waals surface area contributed by atoms with Crippen molar-refractivity contribution in [3.05, 3.63) is 81.3 Å². The monoisotopic (exact) mass is 699 g/mol. The third-order valence-electron chi connectivity index (χ3n) is 8.18. The van der Waals surface area contributed by atoms with Crippen LogP contribution in [0.25, 0.3) is 22.2 Å². The first-order valence-electron chi connectivity index (χ1n) is 16.4. The van der Waals surface area contributed by atoms with Crippen LogP contribution in [0.3, 0.4) is 0 Å². The van der Waals surface area contributed by atoms with Crippen LogP contribution < -0.4 is 25.7 Å². The number of carbonyl (C=O) groups is 1. The lowest BCUT2D eigenvalue weighted by molar-refractivity contribution is -0.112. The first-order chi connectivity index (χ1) is 24.0. The second-order valence-electron chi connectivity index (χ2n) is 13.0. The first kappa shape index (κ1) is 36.3. The van der Waals surface area contributed by atoms with Crippen molar-refractivity contribution in [3.8, 4) is 28.7 Å². The van der Waals surface area contributed by atoms with E-state index in [4.69, 9.17) is 30.8 Å². The Morgan fingerprint density at radius 2 is 1.82 bits per heavy atom. The lowest BCUT2D eigenvalue weighted by Crippen LogP contribution is -2.39. The lowest BCUT2D eigenvalue weighted by Gasteiger charge is -2.26. The number of anilines is 2. The van der Waals surface area contributed by atoms with Crippen LogP contribution in [-0.4, -0.2) is 79.0 Å². The molecule has 0 radical (unpaired) electrons. The Hall–Kier alpha value is -4.96. The molecule has 2 aromatic carbocycles. The number of rotatable bonds is 12. The molecule has 0 atom stereocenters. The van der Waals surface area contributed by atoms with Gasteiger partial charge in [0.25, 0.3) is 11.5 Å². The molecule has 1 aliphatic rings. The van der Waals surface area contributed by atoms with Crippen LogP contribution in [0.4, 0.5) is 11.6 Å². The van der Waals surface area contributed by atoms with Crippen molar-refractivity contribution in [2.75, 3.05) is 64.2 Å². The maximum absolute atomic E-state index is 14.3. The summed E-state index contributed by atoms with van der Waals surface area (Å²) in [5.74, 6) is 0.828. The third-order valence-corrected chi connectivity index (χ3v) is 8.57.